The van der Waals surface area contributed by atoms with Gasteiger partial charge < -0.3 is 10.2 Å². The molecule has 1 aliphatic rings. The lowest BCUT2D eigenvalue weighted by atomic mass is 10.1. The van der Waals surface area contributed by atoms with Gasteiger partial charge in [0.1, 0.15) is 6.04 Å². The molecule has 2 unspecified atom stereocenters. The van der Waals surface area contributed by atoms with E-state index < -0.39 is 0 Å². The van der Waals surface area contributed by atoms with Crippen LogP contribution in [0.25, 0.3) is 0 Å². The maximum atomic E-state index is 11.8. The molecule has 1 N–H and O–H groups in total. The van der Waals surface area contributed by atoms with E-state index in [2.05, 4.69) is 22.4 Å². The molecule has 1 amide bonds. The largest absolute Gasteiger partial charge is 0.353 e. The van der Waals surface area contributed by atoms with Gasteiger partial charge in [0.2, 0.25) is 5.91 Å². The van der Waals surface area contributed by atoms with Crippen molar-refractivity contribution >= 4 is 22.8 Å². The highest BCUT2D eigenvalue weighted by Crippen LogP contribution is 2.29. The monoisotopic (exact) mass is 277 g/mol. The summed E-state index contributed by atoms with van der Waals surface area (Å²) < 4.78 is 0. The Morgan fingerprint density at radius 1 is 1.42 bits per heavy atom. The van der Waals surface area contributed by atoms with Gasteiger partial charge in [-0.3, -0.25) is 9.79 Å². The van der Waals surface area contributed by atoms with Crippen LogP contribution in [-0.2, 0) is 4.79 Å². The third-order valence-corrected chi connectivity index (χ3v) is 3.97. The molecular weight excluding hydrogens is 258 g/mol. The highest BCUT2D eigenvalue weighted by atomic mass is 32.2. The van der Waals surface area contributed by atoms with Crippen LogP contribution in [0.5, 0.6) is 0 Å². The van der Waals surface area contributed by atoms with Gasteiger partial charge >= 0.3 is 0 Å². The van der Waals surface area contributed by atoms with Crippen LogP contribution in [0.3, 0.4) is 0 Å². The van der Waals surface area contributed by atoms with Crippen LogP contribution in [0, 0.1) is 0 Å². The molecule has 1 aromatic carbocycles. The molecule has 2 atom stereocenters. The number of hydrogen-bond acceptors (Lipinski definition) is 4. The van der Waals surface area contributed by atoms with Gasteiger partial charge in [-0.05, 0) is 12.5 Å². The minimum atomic E-state index is -0.240. The zero-order valence-corrected chi connectivity index (χ0v) is 12.3. The fraction of sp³-hybridized carbons (Fsp3) is 0.429. The Hall–Kier alpha value is -1.49. The number of aliphatic imine (C=N–C) groups is 1. The number of benzene rings is 1. The van der Waals surface area contributed by atoms with Gasteiger partial charge in [-0.25, -0.2) is 0 Å². The van der Waals surface area contributed by atoms with Crippen molar-refractivity contribution in [2.24, 2.45) is 4.99 Å². The van der Waals surface area contributed by atoms with Crippen molar-refractivity contribution in [3.63, 3.8) is 0 Å². The lowest BCUT2D eigenvalue weighted by Gasteiger charge is -2.18. The molecule has 5 heteroatoms. The number of carbonyl (C=O) groups is 1. The van der Waals surface area contributed by atoms with Crippen molar-refractivity contribution in [1.29, 1.82) is 0 Å². The van der Waals surface area contributed by atoms with E-state index >= 15 is 0 Å². The SMILES string of the molecule is CC(NC1=NC(c2ccccc2)CS1)C(=O)N(C)C. The fourth-order valence-electron chi connectivity index (χ4n) is 1.93. The van der Waals surface area contributed by atoms with Gasteiger partial charge in [0.15, 0.2) is 5.17 Å². The molecule has 0 bridgehead atoms. The molecule has 2 rings (SSSR count). The second-order valence-corrected chi connectivity index (χ2v) is 5.78. The summed E-state index contributed by atoms with van der Waals surface area (Å²) in [4.78, 5) is 18.0. The lowest BCUT2D eigenvalue weighted by molar-refractivity contribution is -0.130. The van der Waals surface area contributed by atoms with Crippen LogP contribution in [0.15, 0.2) is 35.3 Å². The van der Waals surface area contributed by atoms with Gasteiger partial charge in [0.25, 0.3) is 0 Å². The number of nitrogens with one attached hydrogen (secondary N) is 1. The molecular formula is C14H19N3OS. The van der Waals surface area contributed by atoms with Crippen molar-refractivity contribution < 1.29 is 4.79 Å². The zero-order valence-electron chi connectivity index (χ0n) is 11.5. The topological polar surface area (TPSA) is 44.7 Å². The normalized spacial score (nSPS) is 19.7. The molecule has 0 aromatic heterocycles. The minimum Gasteiger partial charge on any atom is -0.353 e. The van der Waals surface area contributed by atoms with Crippen molar-refractivity contribution in [2.45, 2.75) is 19.0 Å². The van der Waals surface area contributed by atoms with Gasteiger partial charge in [0, 0.05) is 19.8 Å². The molecule has 102 valence electrons. The summed E-state index contributed by atoms with van der Waals surface area (Å²) in [6.07, 6.45) is 0. The Labute approximate surface area is 118 Å². The van der Waals surface area contributed by atoms with E-state index in [-0.39, 0.29) is 18.0 Å². The van der Waals surface area contributed by atoms with Crippen LogP contribution in [0.1, 0.15) is 18.5 Å². The molecule has 0 radical (unpaired) electrons. The van der Waals surface area contributed by atoms with Gasteiger partial charge in [-0.2, -0.15) is 0 Å². The first-order valence-corrected chi connectivity index (χ1v) is 7.29. The molecule has 1 aliphatic heterocycles. The Balaban J connectivity index is 1.98. The third-order valence-electron chi connectivity index (χ3n) is 2.99. The molecule has 0 aliphatic carbocycles. The number of rotatable bonds is 3. The number of likely N-dealkylation sites (N-methyl/N-ethyl adjacent to an activating group) is 1. The molecule has 1 aromatic rings. The van der Waals surface area contributed by atoms with Gasteiger partial charge in [-0.15, -0.1) is 0 Å². The Kier molecular flexibility index (Phi) is 4.47. The van der Waals surface area contributed by atoms with Crippen molar-refractivity contribution in [1.82, 2.24) is 10.2 Å². The Morgan fingerprint density at radius 2 is 2.11 bits per heavy atom. The second-order valence-electron chi connectivity index (χ2n) is 4.77. The first-order valence-electron chi connectivity index (χ1n) is 6.31. The summed E-state index contributed by atoms with van der Waals surface area (Å²) in [6, 6.07) is 10.2. The summed E-state index contributed by atoms with van der Waals surface area (Å²) in [5.74, 6) is 0.987. The van der Waals surface area contributed by atoms with Crippen LogP contribution >= 0.6 is 11.8 Å². The number of nitrogens with zero attached hydrogens (tertiary/aromatic N) is 2. The Morgan fingerprint density at radius 3 is 2.74 bits per heavy atom. The third kappa shape index (κ3) is 3.50. The van der Waals surface area contributed by atoms with Crippen molar-refractivity contribution in [3.05, 3.63) is 35.9 Å². The highest BCUT2D eigenvalue weighted by Gasteiger charge is 2.23. The standard InChI is InChI=1S/C14H19N3OS/c1-10(13(18)17(2)3)15-14-16-12(9-19-14)11-7-5-4-6-8-11/h4-8,10,12H,9H2,1-3H3,(H,15,16). The zero-order chi connectivity index (χ0) is 13.8. The number of thioether (sulfide) groups is 1. The van der Waals surface area contributed by atoms with Crippen molar-refractivity contribution in [3.8, 4) is 0 Å². The molecule has 19 heavy (non-hydrogen) atoms. The summed E-state index contributed by atoms with van der Waals surface area (Å²) >= 11 is 1.67. The van der Waals surface area contributed by atoms with Crippen molar-refractivity contribution in [2.75, 3.05) is 19.8 Å². The molecule has 0 saturated heterocycles. The average molecular weight is 277 g/mol. The van der Waals surface area contributed by atoms with E-state index in [0.29, 0.717) is 0 Å². The average Bonchev–Trinajstić information content (AvgIpc) is 2.87. The predicted molar refractivity (Wildman–Crippen MR) is 80.4 cm³/mol. The van der Waals surface area contributed by atoms with E-state index in [9.17, 15) is 4.79 Å². The maximum Gasteiger partial charge on any atom is 0.244 e. The number of amidine groups is 1. The molecule has 4 nitrogen and oxygen atoms in total. The van der Waals surface area contributed by atoms with E-state index in [4.69, 9.17) is 0 Å². The number of amides is 1. The predicted octanol–water partition coefficient (Wildman–Crippen LogP) is 1.90. The van der Waals surface area contributed by atoms with Crippen LogP contribution in [0.2, 0.25) is 0 Å². The summed E-state index contributed by atoms with van der Waals surface area (Å²) in [7, 11) is 3.52. The number of carbonyl (C=O) groups excluding carboxylic acids is 1. The summed E-state index contributed by atoms with van der Waals surface area (Å²) in [5, 5.41) is 4.04. The smallest absolute Gasteiger partial charge is 0.244 e. The fourth-order valence-corrected chi connectivity index (χ4v) is 2.98. The molecule has 0 fully saturated rings. The molecule has 1 heterocycles. The lowest BCUT2D eigenvalue weighted by Crippen LogP contribution is -2.43. The second kappa shape index (κ2) is 6.10. The quantitative estimate of drug-likeness (QED) is 0.917. The van der Waals surface area contributed by atoms with E-state index in [1.807, 2.05) is 25.1 Å². The van der Waals surface area contributed by atoms with Crippen LogP contribution < -0.4 is 5.32 Å². The van der Waals surface area contributed by atoms with E-state index in [0.717, 1.165) is 10.9 Å². The molecule has 0 spiro atoms. The van der Waals surface area contributed by atoms with Gasteiger partial charge in [-0.1, -0.05) is 42.1 Å². The van der Waals surface area contributed by atoms with Crippen LogP contribution in [-0.4, -0.2) is 41.9 Å². The highest BCUT2D eigenvalue weighted by molar-refractivity contribution is 8.14. The maximum absolute atomic E-state index is 11.8. The van der Waals surface area contributed by atoms with Crippen LogP contribution in [0.4, 0.5) is 0 Å². The molecule has 0 saturated carbocycles. The van der Waals surface area contributed by atoms with E-state index in [1.165, 1.54) is 5.56 Å². The van der Waals surface area contributed by atoms with Gasteiger partial charge in [0.05, 0.1) is 6.04 Å². The summed E-state index contributed by atoms with van der Waals surface area (Å²) in [6.45, 7) is 1.86. The number of hydrogen-bond donors (Lipinski definition) is 1. The minimum absolute atomic E-state index is 0.0615. The Bertz CT molecular complexity index is 473. The first kappa shape index (κ1) is 13.9. The first-order chi connectivity index (χ1) is 9.08. The summed E-state index contributed by atoms with van der Waals surface area (Å²) in [5.41, 5.74) is 1.22. The van der Waals surface area contributed by atoms with E-state index in [1.54, 1.807) is 30.8 Å².